The predicted molar refractivity (Wildman–Crippen MR) is 116 cm³/mol. The minimum absolute atomic E-state index is 0.0181. The van der Waals surface area contributed by atoms with Gasteiger partial charge in [-0.2, -0.15) is 0 Å². The summed E-state index contributed by atoms with van der Waals surface area (Å²) in [5, 5.41) is 14.6. The molecule has 3 aromatic rings. The number of β-amino-alcohol motifs (C(OH)–C–C–N with tert-alkyl or cyclic N) is 1. The largest absolute Gasteiger partial charge is 0.491 e. The lowest BCUT2D eigenvalue weighted by Gasteiger charge is -2.20. The number of hydrogen-bond acceptors (Lipinski definition) is 5. The smallest absolute Gasteiger partial charge is 0.287 e. The SMILES string of the molecule is O=C(NC1CCN(CC(O)COc2ccc(Cl)c(F)c2)C1)c1cc2cc(Cl)ccc2o1. The molecule has 4 rings (SSSR count). The maximum atomic E-state index is 13.4. The van der Waals surface area contributed by atoms with Gasteiger partial charge in [0.2, 0.25) is 0 Å². The van der Waals surface area contributed by atoms with Crippen LogP contribution in [0.15, 0.2) is 46.9 Å². The van der Waals surface area contributed by atoms with Crippen molar-refractivity contribution in [1.29, 1.82) is 0 Å². The van der Waals surface area contributed by atoms with Crippen LogP contribution in [0.1, 0.15) is 17.0 Å². The number of nitrogens with zero attached hydrogens (tertiary/aromatic N) is 1. The molecular formula is C22H21Cl2FN2O4. The highest BCUT2D eigenvalue weighted by molar-refractivity contribution is 6.31. The quantitative estimate of drug-likeness (QED) is 0.547. The first-order valence-corrected chi connectivity index (χ1v) is 10.6. The average Bonchev–Trinajstić information content (AvgIpc) is 3.35. The lowest BCUT2D eigenvalue weighted by molar-refractivity contribution is 0.0745. The third kappa shape index (κ3) is 5.49. The minimum atomic E-state index is -0.756. The van der Waals surface area contributed by atoms with Gasteiger partial charge in [0.05, 0.1) is 5.02 Å². The first-order valence-electron chi connectivity index (χ1n) is 9.85. The van der Waals surface area contributed by atoms with Crippen LogP contribution in [0.5, 0.6) is 5.75 Å². The normalized spacial score (nSPS) is 17.7. The zero-order valence-electron chi connectivity index (χ0n) is 16.5. The second-order valence-electron chi connectivity index (χ2n) is 7.55. The van der Waals surface area contributed by atoms with E-state index in [1.807, 2.05) is 4.90 Å². The number of carbonyl (C=O) groups excluding carboxylic acids is 1. The Labute approximate surface area is 188 Å². The Morgan fingerprint density at radius 1 is 1.29 bits per heavy atom. The van der Waals surface area contributed by atoms with Crippen LogP contribution in [0.2, 0.25) is 10.0 Å². The molecule has 0 bridgehead atoms. The maximum Gasteiger partial charge on any atom is 0.287 e. The van der Waals surface area contributed by atoms with Gasteiger partial charge in [-0.3, -0.25) is 9.69 Å². The van der Waals surface area contributed by atoms with Crippen molar-refractivity contribution < 1.29 is 23.4 Å². The molecule has 2 N–H and O–H groups in total. The molecule has 1 aliphatic heterocycles. The summed E-state index contributed by atoms with van der Waals surface area (Å²) in [4.78, 5) is 14.6. The number of likely N-dealkylation sites (tertiary alicyclic amines) is 1. The summed E-state index contributed by atoms with van der Waals surface area (Å²) in [6.07, 6.45) is 0.00152. The van der Waals surface area contributed by atoms with Crippen LogP contribution in [0.4, 0.5) is 4.39 Å². The molecule has 164 valence electrons. The van der Waals surface area contributed by atoms with E-state index >= 15 is 0 Å². The van der Waals surface area contributed by atoms with E-state index in [1.165, 1.54) is 12.1 Å². The zero-order valence-corrected chi connectivity index (χ0v) is 18.0. The van der Waals surface area contributed by atoms with Gasteiger partial charge >= 0.3 is 0 Å². The summed E-state index contributed by atoms with van der Waals surface area (Å²) in [5.74, 6) is -0.314. The number of rotatable bonds is 7. The minimum Gasteiger partial charge on any atom is -0.491 e. The van der Waals surface area contributed by atoms with Crippen LogP contribution in [0.3, 0.4) is 0 Å². The van der Waals surface area contributed by atoms with Crippen molar-refractivity contribution in [2.75, 3.05) is 26.2 Å². The van der Waals surface area contributed by atoms with Gasteiger partial charge in [-0.15, -0.1) is 0 Å². The van der Waals surface area contributed by atoms with Gasteiger partial charge in [0.15, 0.2) is 5.76 Å². The van der Waals surface area contributed by atoms with E-state index in [0.717, 1.165) is 18.4 Å². The predicted octanol–water partition coefficient (Wildman–Crippen LogP) is 4.12. The molecule has 6 nitrogen and oxygen atoms in total. The first-order chi connectivity index (χ1) is 14.9. The first kappa shape index (κ1) is 21.9. The summed E-state index contributed by atoms with van der Waals surface area (Å²) in [6, 6.07) is 10.9. The molecular weight excluding hydrogens is 446 g/mol. The number of halogens is 3. The van der Waals surface area contributed by atoms with Crippen molar-refractivity contribution in [3.05, 3.63) is 64.1 Å². The second kappa shape index (κ2) is 9.44. The summed E-state index contributed by atoms with van der Waals surface area (Å²) >= 11 is 11.6. The fourth-order valence-corrected chi connectivity index (χ4v) is 3.91. The van der Waals surface area contributed by atoms with E-state index in [1.54, 1.807) is 30.3 Å². The molecule has 0 radical (unpaired) electrons. The van der Waals surface area contributed by atoms with Gasteiger partial charge < -0.3 is 19.6 Å². The van der Waals surface area contributed by atoms with Crippen molar-refractivity contribution in [2.45, 2.75) is 18.6 Å². The lowest BCUT2D eigenvalue weighted by Crippen LogP contribution is -2.39. The fourth-order valence-electron chi connectivity index (χ4n) is 3.61. The van der Waals surface area contributed by atoms with E-state index in [-0.39, 0.29) is 29.3 Å². The Bertz CT molecular complexity index is 1090. The van der Waals surface area contributed by atoms with Crippen LogP contribution in [-0.4, -0.2) is 54.3 Å². The Morgan fingerprint density at radius 3 is 2.94 bits per heavy atom. The van der Waals surface area contributed by atoms with Crippen molar-refractivity contribution in [1.82, 2.24) is 10.2 Å². The molecule has 0 aliphatic carbocycles. The highest BCUT2D eigenvalue weighted by atomic mass is 35.5. The number of fused-ring (bicyclic) bond motifs is 1. The van der Waals surface area contributed by atoms with Crippen molar-refractivity contribution >= 4 is 40.1 Å². The molecule has 2 heterocycles. The Kier molecular flexibility index (Phi) is 6.67. The van der Waals surface area contributed by atoms with E-state index in [0.29, 0.717) is 29.4 Å². The van der Waals surface area contributed by atoms with Gasteiger partial charge in [0.1, 0.15) is 29.9 Å². The fraction of sp³-hybridized carbons (Fsp3) is 0.318. The summed E-state index contributed by atoms with van der Waals surface area (Å²) in [5.41, 5.74) is 0.603. The molecule has 1 aromatic heterocycles. The van der Waals surface area contributed by atoms with Crippen LogP contribution in [-0.2, 0) is 0 Å². The standard InChI is InChI=1S/C22H21Cl2FN2O4/c23-14-1-4-20-13(7-14)8-21(31-20)22(29)26-15-5-6-27(10-15)11-16(28)12-30-17-2-3-18(24)19(25)9-17/h1-4,7-9,15-16,28H,5-6,10-12H2,(H,26,29). The molecule has 9 heteroatoms. The molecule has 1 aliphatic rings. The highest BCUT2D eigenvalue weighted by Crippen LogP contribution is 2.24. The number of nitrogens with one attached hydrogen (secondary N) is 1. The molecule has 1 saturated heterocycles. The molecule has 1 fully saturated rings. The molecule has 2 aromatic carbocycles. The average molecular weight is 467 g/mol. The number of amides is 1. The van der Waals surface area contributed by atoms with Gasteiger partial charge in [-0.1, -0.05) is 23.2 Å². The number of hydrogen-bond donors (Lipinski definition) is 2. The summed E-state index contributed by atoms with van der Waals surface area (Å²) in [6.45, 7) is 1.74. The van der Waals surface area contributed by atoms with E-state index < -0.39 is 11.9 Å². The lowest BCUT2D eigenvalue weighted by atomic mass is 10.2. The summed E-state index contributed by atoms with van der Waals surface area (Å²) in [7, 11) is 0. The van der Waals surface area contributed by atoms with Crippen molar-refractivity contribution in [3.8, 4) is 5.75 Å². The number of furan rings is 1. The molecule has 2 atom stereocenters. The second-order valence-corrected chi connectivity index (χ2v) is 8.40. The van der Waals surface area contributed by atoms with Crippen molar-refractivity contribution in [3.63, 3.8) is 0 Å². The summed E-state index contributed by atoms with van der Waals surface area (Å²) < 4.78 is 24.5. The third-order valence-electron chi connectivity index (χ3n) is 5.11. The van der Waals surface area contributed by atoms with Gasteiger partial charge in [-0.05, 0) is 42.8 Å². The van der Waals surface area contributed by atoms with E-state index in [9.17, 15) is 14.3 Å². The third-order valence-corrected chi connectivity index (χ3v) is 5.65. The van der Waals surface area contributed by atoms with Crippen LogP contribution >= 0.6 is 23.2 Å². The number of aliphatic hydroxyl groups is 1. The zero-order chi connectivity index (χ0) is 22.0. The topological polar surface area (TPSA) is 74.9 Å². The Hall–Kier alpha value is -2.32. The Balaban J connectivity index is 1.24. The molecule has 2 unspecified atom stereocenters. The maximum absolute atomic E-state index is 13.4. The molecule has 0 spiro atoms. The van der Waals surface area contributed by atoms with E-state index in [2.05, 4.69) is 5.32 Å². The number of ether oxygens (including phenoxy) is 1. The molecule has 31 heavy (non-hydrogen) atoms. The van der Waals surface area contributed by atoms with Gasteiger partial charge in [-0.25, -0.2) is 4.39 Å². The highest BCUT2D eigenvalue weighted by Gasteiger charge is 2.26. The Morgan fingerprint density at radius 2 is 2.13 bits per heavy atom. The molecule has 1 amide bonds. The van der Waals surface area contributed by atoms with Crippen molar-refractivity contribution in [2.24, 2.45) is 0 Å². The van der Waals surface area contributed by atoms with Crippen LogP contribution in [0.25, 0.3) is 11.0 Å². The molecule has 0 saturated carbocycles. The van der Waals surface area contributed by atoms with Crippen LogP contribution < -0.4 is 10.1 Å². The number of benzene rings is 2. The van der Waals surface area contributed by atoms with Gasteiger partial charge in [0.25, 0.3) is 5.91 Å². The number of aliphatic hydroxyl groups excluding tert-OH is 1. The number of carbonyl (C=O) groups is 1. The van der Waals surface area contributed by atoms with Gasteiger partial charge in [0, 0.05) is 42.2 Å². The van der Waals surface area contributed by atoms with Crippen LogP contribution in [0, 0.1) is 5.82 Å². The monoisotopic (exact) mass is 466 g/mol. The van der Waals surface area contributed by atoms with E-state index in [4.69, 9.17) is 32.4 Å².